The van der Waals surface area contributed by atoms with Gasteiger partial charge < -0.3 is 35.4 Å². The van der Waals surface area contributed by atoms with Gasteiger partial charge in [-0.15, -0.1) is 0 Å². The van der Waals surface area contributed by atoms with E-state index in [0.29, 0.717) is 48.1 Å². The van der Waals surface area contributed by atoms with Crippen molar-refractivity contribution in [3.8, 4) is 17.3 Å². The second kappa shape index (κ2) is 15.5. The van der Waals surface area contributed by atoms with E-state index in [1.165, 1.54) is 11.8 Å². The Kier molecular flexibility index (Phi) is 11.0. The summed E-state index contributed by atoms with van der Waals surface area (Å²) < 4.78 is 11.0. The van der Waals surface area contributed by atoms with Crippen LogP contribution >= 0.6 is 0 Å². The van der Waals surface area contributed by atoms with E-state index < -0.39 is 47.8 Å². The lowest BCUT2D eigenvalue weighted by Crippen LogP contribution is -2.58. The summed E-state index contributed by atoms with van der Waals surface area (Å²) in [6.45, 7) is 5.32. The lowest BCUT2D eigenvalue weighted by atomic mass is 10.0. The molecule has 0 radical (unpaired) electrons. The Balaban J connectivity index is 1.30. The molecule has 1 fully saturated rings. The topological polar surface area (TPSA) is 198 Å². The number of pyridine rings is 1. The zero-order valence-electron chi connectivity index (χ0n) is 27.1. The van der Waals surface area contributed by atoms with Crippen molar-refractivity contribution in [3.63, 3.8) is 0 Å². The normalized spacial score (nSPS) is 22.5. The molecule has 15 nitrogen and oxygen atoms in total. The SMILES string of the molecule is CC(C)[C@H]1NC(=O)COc2ccc(cc2)C[C@@H](C(=O)NCCc2nc(-c3ccccn3)no2)NC(=O)[C@H](C)NC(=O)[C@@H]2CCCN2C1=O. The van der Waals surface area contributed by atoms with Gasteiger partial charge >= 0.3 is 0 Å². The third-order valence-electron chi connectivity index (χ3n) is 8.21. The zero-order valence-corrected chi connectivity index (χ0v) is 27.1. The van der Waals surface area contributed by atoms with Crippen LogP contribution in [0.25, 0.3) is 11.5 Å². The number of nitrogens with zero attached hydrogens (tertiary/aromatic N) is 4. The fraction of sp³-hybridized carbons (Fsp3) is 0.455. The maximum atomic E-state index is 13.6. The molecule has 0 spiro atoms. The van der Waals surface area contributed by atoms with Crippen molar-refractivity contribution >= 4 is 29.5 Å². The van der Waals surface area contributed by atoms with Crippen LogP contribution in [-0.2, 0) is 36.8 Å². The van der Waals surface area contributed by atoms with E-state index in [0.717, 1.165) is 0 Å². The average Bonchev–Trinajstić information content (AvgIpc) is 3.77. The Labute approximate surface area is 277 Å². The largest absolute Gasteiger partial charge is 0.484 e. The van der Waals surface area contributed by atoms with E-state index in [9.17, 15) is 24.0 Å². The van der Waals surface area contributed by atoms with Gasteiger partial charge in [-0.05, 0) is 55.5 Å². The minimum atomic E-state index is -1.01. The fourth-order valence-electron chi connectivity index (χ4n) is 5.57. The van der Waals surface area contributed by atoms with Crippen molar-refractivity contribution in [2.24, 2.45) is 5.92 Å². The van der Waals surface area contributed by atoms with Crippen molar-refractivity contribution in [1.29, 1.82) is 0 Å². The highest BCUT2D eigenvalue weighted by Gasteiger charge is 2.39. The Hall–Kier alpha value is -5.34. The number of carbonyl (C=O) groups excluding carboxylic acids is 5. The fourth-order valence-corrected chi connectivity index (χ4v) is 5.57. The predicted octanol–water partition coefficient (Wildman–Crippen LogP) is 0.547. The molecule has 4 atom stereocenters. The van der Waals surface area contributed by atoms with Crippen LogP contribution in [0.5, 0.6) is 5.75 Å². The number of ether oxygens (including phenoxy) is 1. The second-order valence-electron chi connectivity index (χ2n) is 12.2. The zero-order chi connectivity index (χ0) is 34.2. The number of carbonyl (C=O) groups is 5. The number of nitrogens with one attached hydrogen (secondary N) is 4. The number of rotatable bonds is 6. The maximum Gasteiger partial charge on any atom is 0.258 e. The lowest BCUT2D eigenvalue weighted by molar-refractivity contribution is -0.143. The quantitative estimate of drug-likeness (QED) is 0.290. The van der Waals surface area contributed by atoms with Crippen LogP contribution in [0.1, 0.15) is 45.1 Å². The van der Waals surface area contributed by atoms with E-state index in [2.05, 4.69) is 36.4 Å². The standard InChI is InChI=1S/C33H40N8O7/c1-19(2)28-33(46)41-16-6-8-25(41)32(45)36-20(3)30(43)37-24(17-21-9-11-22(12-10-21)47-18-26(42)38-28)31(44)35-15-13-27-39-29(40-48-27)23-7-4-5-14-34-23/h4-5,7,9-12,14,19-20,24-25,28H,6,8,13,15-18H2,1-3H3,(H,35,44)(H,36,45)(H,37,43)(H,38,42)/t20-,24-,25-,28+/m0/s1. The molecule has 1 saturated heterocycles. The molecule has 2 bridgehead atoms. The Morgan fingerprint density at radius 3 is 2.56 bits per heavy atom. The molecule has 2 aromatic heterocycles. The number of fused-ring (bicyclic) bond motifs is 13. The molecule has 4 N–H and O–H groups in total. The minimum Gasteiger partial charge on any atom is -0.484 e. The van der Waals surface area contributed by atoms with Gasteiger partial charge in [-0.2, -0.15) is 4.98 Å². The molecule has 254 valence electrons. The third-order valence-corrected chi connectivity index (χ3v) is 8.21. The van der Waals surface area contributed by atoms with Crippen LogP contribution in [0.3, 0.4) is 0 Å². The molecule has 3 aliphatic heterocycles. The van der Waals surface area contributed by atoms with E-state index in [-0.39, 0.29) is 37.8 Å². The molecule has 0 aliphatic carbocycles. The van der Waals surface area contributed by atoms with Gasteiger partial charge in [0, 0.05) is 32.1 Å². The van der Waals surface area contributed by atoms with Crippen LogP contribution in [0.4, 0.5) is 0 Å². The third kappa shape index (κ3) is 8.52. The molecule has 5 heterocycles. The van der Waals surface area contributed by atoms with Crippen molar-refractivity contribution < 1.29 is 33.2 Å². The predicted molar refractivity (Wildman–Crippen MR) is 171 cm³/mol. The summed E-state index contributed by atoms with van der Waals surface area (Å²) in [5.41, 5.74) is 1.27. The van der Waals surface area contributed by atoms with Crippen LogP contribution in [0.15, 0.2) is 53.2 Å². The van der Waals surface area contributed by atoms with Crippen LogP contribution in [-0.4, -0.2) is 93.4 Å². The van der Waals surface area contributed by atoms with Crippen molar-refractivity contribution in [2.45, 2.75) is 70.6 Å². The Bertz CT molecular complexity index is 1610. The Morgan fingerprint density at radius 2 is 1.83 bits per heavy atom. The lowest BCUT2D eigenvalue weighted by Gasteiger charge is -2.31. The number of hydrogen-bond acceptors (Lipinski definition) is 10. The van der Waals surface area contributed by atoms with Gasteiger partial charge in [0.15, 0.2) is 6.61 Å². The summed E-state index contributed by atoms with van der Waals surface area (Å²) in [6, 6.07) is 8.44. The van der Waals surface area contributed by atoms with E-state index in [1.54, 1.807) is 42.6 Å². The first-order chi connectivity index (χ1) is 23.1. The molecule has 1 aromatic carbocycles. The van der Waals surface area contributed by atoms with Gasteiger partial charge in [0.1, 0.15) is 35.6 Å². The maximum absolute atomic E-state index is 13.6. The summed E-state index contributed by atoms with van der Waals surface area (Å²) in [6.07, 6.45) is 3.00. The second-order valence-corrected chi connectivity index (χ2v) is 12.2. The van der Waals surface area contributed by atoms with Crippen molar-refractivity contribution in [1.82, 2.24) is 41.3 Å². The average molecular weight is 661 g/mol. The highest BCUT2D eigenvalue weighted by molar-refractivity contribution is 5.96. The molecular formula is C33H40N8O7. The molecule has 3 aromatic rings. The summed E-state index contributed by atoms with van der Waals surface area (Å²) in [5, 5.41) is 15.0. The van der Waals surface area contributed by atoms with Gasteiger partial charge in [-0.25, -0.2) is 0 Å². The molecule has 5 amide bonds. The Morgan fingerprint density at radius 1 is 1.04 bits per heavy atom. The first-order valence-electron chi connectivity index (χ1n) is 16.0. The van der Waals surface area contributed by atoms with Crippen molar-refractivity contribution in [3.05, 3.63) is 60.1 Å². The molecule has 0 unspecified atom stereocenters. The van der Waals surface area contributed by atoms with Gasteiger partial charge in [0.2, 0.25) is 35.3 Å². The van der Waals surface area contributed by atoms with Crippen LogP contribution in [0, 0.1) is 5.92 Å². The van der Waals surface area contributed by atoms with Gasteiger partial charge in [0.25, 0.3) is 5.91 Å². The molecule has 48 heavy (non-hydrogen) atoms. The summed E-state index contributed by atoms with van der Waals surface area (Å²) in [7, 11) is 0. The van der Waals surface area contributed by atoms with Gasteiger partial charge in [-0.3, -0.25) is 29.0 Å². The number of amides is 5. The van der Waals surface area contributed by atoms with Gasteiger partial charge in [-0.1, -0.05) is 37.2 Å². The minimum absolute atomic E-state index is 0.129. The smallest absolute Gasteiger partial charge is 0.258 e. The summed E-state index contributed by atoms with van der Waals surface area (Å²) in [4.78, 5) is 76.4. The van der Waals surface area contributed by atoms with Crippen LogP contribution < -0.4 is 26.0 Å². The molecule has 0 saturated carbocycles. The highest BCUT2D eigenvalue weighted by Crippen LogP contribution is 2.21. The van der Waals surface area contributed by atoms with Gasteiger partial charge in [0.05, 0.1) is 0 Å². The molecule has 6 rings (SSSR count). The molecular weight excluding hydrogens is 620 g/mol. The van der Waals surface area contributed by atoms with Crippen LogP contribution in [0.2, 0.25) is 0 Å². The first-order valence-corrected chi connectivity index (χ1v) is 16.0. The number of aromatic nitrogens is 3. The molecule has 3 aliphatic rings. The number of benzene rings is 1. The summed E-state index contributed by atoms with van der Waals surface area (Å²) in [5.74, 6) is -1.56. The first kappa shape index (κ1) is 34.0. The monoisotopic (exact) mass is 660 g/mol. The van der Waals surface area contributed by atoms with E-state index in [1.807, 2.05) is 19.9 Å². The van der Waals surface area contributed by atoms with E-state index in [4.69, 9.17) is 9.26 Å². The molecule has 15 heteroatoms. The number of hydrogen-bond donors (Lipinski definition) is 4. The van der Waals surface area contributed by atoms with Crippen molar-refractivity contribution in [2.75, 3.05) is 19.7 Å². The highest BCUT2D eigenvalue weighted by atomic mass is 16.5. The van der Waals surface area contributed by atoms with E-state index >= 15 is 0 Å². The summed E-state index contributed by atoms with van der Waals surface area (Å²) >= 11 is 0.